The lowest BCUT2D eigenvalue weighted by Gasteiger charge is -2.14. The Labute approximate surface area is 136 Å². The Hall–Kier alpha value is -2.53. The van der Waals surface area contributed by atoms with Gasteiger partial charge in [0.1, 0.15) is 12.6 Å². The molecule has 122 valence electrons. The van der Waals surface area contributed by atoms with Gasteiger partial charge in [0.2, 0.25) is 0 Å². The SMILES string of the molecule is COC(=O)[C@@H](N)Cc1ccc(OC)c(OCc2ccccc2)c1. The molecule has 0 fully saturated rings. The molecular formula is C18H21NO4. The Morgan fingerprint density at radius 1 is 1.04 bits per heavy atom. The van der Waals surface area contributed by atoms with E-state index in [-0.39, 0.29) is 0 Å². The number of carbonyl (C=O) groups is 1. The normalized spacial score (nSPS) is 11.6. The number of nitrogens with two attached hydrogens (primary N) is 1. The van der Waals surface area contributed by atoms with Crippen LogP contribution in [0.5, 0.6) is 11.5 Å². The van der Waals surface area contributed by atoms with Gasteiger partial charge in [0.15, 0.2) is 11.5 Å². The van der Waals surface area contributed by atoms with Crippen LogP contribution in [0.15, 0.2) is 48.5 Å². The van der Waals surface area contributed by atoms with Gasteiger partial charge in [-0.25, -0.2) is 0 Å². The van der Waals surface area contributed by atoms with E-state index in [2.05, 4.69) is 4.74 Å². The van der Waals surface area contributed by atoms with Crippen LogP contribution in [0.2, 0.25) is 0 Å². The molecule has 0 saturated heterocycles. The van der Waals surface area contributed by atoms with Crippen molar-refractivity contribution in [3.8, 4) is 11.5 Å². The predicted octanol–water partition coefficient (Wildman–Crippen LogP) is 2.32. The van der Waals surface area contributed by atoms with Gasteiger partial charge < -0.3 is 19.9 Å². The largest absolute Gasteiger partial charge is 0.493 e. The van der Waals surface area contributed by atoms with Crippen molar-refractivity contribution in [2.45, 2.75) is 19.1 Å². The first-order chi connectivity index (χ1) is 11.1. The summed E-state index contributed by atoms with van der Waals surface area (Å²) in [6, 6.07) is 14.7. The van der Waals surface area contributed by atoms with Crippen LogP contribution in [0.1, 0.15) is 11.1 Å². The summed E-state index contributed by atoms with van der Waals surface area (Å²) in [5, 5.41) is 0. The van der Waals surface area contributed by atoms with Gasteiger partial charge in [0, 0.05) is 0 Å². The molecule has 1 atom stereocenters. The molecular weight excluding hydrogens is 294 g/mol. The first kappa shape index (κ1) is 16.8. The summed E-state index contributed by atoms with van der Waals surface area (Å²) in [4.78, 5) is 11.4. The Morgan fingerprint density at radius 2 is 1.78 bits per heavy atom. The third-order valence-electron chi connectivity index (χ3n) is 3.42. The van der Waals surface area contributed by atoms with Crippen LogP contribution in [0.25, 0.3) is 0 Å². The Kier molecular flexibility index (Phi) is 6.00. The molecule has 0 amide bonds. The lowest BCUT2D eigenvalue weighted by atomic mass is 10.1. The van der Waals surface area contributed by atoms with Gasteiger partial charge in [-0.1, -0.05) is 36.4 Å². The topological polar surface area (TPSA) is 70.8 Å². The second-order valence-corrected chi connectivity index (χ2v) is 5.09. The van der Waals surface area contributed by atoms with E-state index in [1.807, 2.05) is 42.5 Å². The van der Waals surface area contributed by atoms with Gasteiger partial charge in [-0.3, -0.25) is 4.79 Å². The van der Waals surface area contributed by atoms with Crippen LogP contribution in [-0.2, 0) is 22.6 Å². The fraction of sp³-hybridized carbons (Fsp3) is 0.278. The summed E-state index contributed by atoms with van der Waals surface area (Å²) in [5.74, 6) is 0.815. The van der Waals surface area contributed by atoms with E-state index < -0.39 is 12.0 Å². The number of hydrogen-bond donors (Lipinski definition) is 1. The molecule has 0 radical (unpaired) electrons. The first-order valence-corrected chi connectivity index (χ1v) is 7.31. The highest BCUT2D eigenvalue weighted by Gasteiger charge is 2.15. The quantitative estimate of drug-likeness (QED) is 0.794. The molecule has 0 spiro atoms. The maximum Gasteiger partial charge on any atom is 0.322 e. The fourth-order valence-electron chi connectivity index (χ4n) is 2.18. The molecule has 0 bridgehead atoms. The van der Waals surface area contributed by atoms with Crippen molar-refractivity contribution in [1.29, 1.82) is 0 Å². The zero-order valence-electron chi connectivity index (χ0n) is 13.3. The highest BCUT2D eigenvalue weighted by molar-refractivity contribution is 5.75. The molecule has 0 aliphatic carbocycles. The van der Waals surface area contributed by atoms with E-state index in [0.29, 0.717) is 24.5 Å². The second kappa shape index (κ2) is 8.19. The summed E-state index contributed by atoms with van der Waals surface area (Å²) in [5.41, 5.74) is 7.74. The van der Waals surface area contributed by atoms with Crippen molar-refractivity contribution in [1.82, 2.24) is 0 Å². The Balaban J connectivity index is 2.10. The van der Waals surface area contributed by atoms with E-state index >= 15 is 0 Å². The lowest BCUT2D eigenvalue weighted by Crippen LogP contribution is -2.33. The van der Waals surface area contributed by atoms with Crippen molar-refractivity contribution >= 4 is 5.97 Å². The molecule has 5 nitrogen and oxygen atoms in total. The fourth-order valence-corrected chi connectivity index (χ4v) is 2.18. The third-order valence-corrected chi connectivity index (χ3v) is 3.42. The number of esters is 1. The zero-order valence-corrected chi connectivity index (χ0v) is 13.3. The number of carbonyl (C=O) groups excluding carboxylic acids is 1. The zero-order chi connectivity index (χ0) is 16.7. The minimum atomic E-state index is -0.699. The Morgan fingerprint density at radius 3 is 2.43 bits per heavy atom. The summed E-state index contributed by atoms with van der Waals surface area (Å²) in [6.07, 6.45) is 0.373. The first-order valence-electron chi connectivity index (χ1n) is 7.31. The van der Waals surface area contributed by atoms with Crippen LogP contribution >= 0.6 is 0 Å². The molecule has 0 saturated carbocycles. The van der Waals surface area contributed by atoms with E-state index in [1.165, 1.54) is 7.11 Å². The summed E-state index contributed by atoms with van der Waals surface area (Å²) >= 11 is 0. The Bertz CT molecular complexity index is 643. The summed E-state index contributed by atoms with van der Waals surface area (Å²) < 4.78 is 15.8. The van der Waals surface area contributed by atoms with E-state index in [4.69, 9.17) is 15.2 Å². The molecule has 2 rings (SSSR count). The standard InChI is InChI=1S/C18H21NO4/c1-21-16-9-8-14(10-15(19)18(20)22-2)11-17(16)23-12-13-6-4-3-5-7-13/h3-9,11,15H,10,12,19H2,1-2H3/t15-/m0/s1. The molecule has 2 aromatic carbocycles. The van der Waals surface area contributed by atoms with Crippen molar-refractivity contribution in [3.05, 3.63) is 59.7 Å². The monoisotopic (exact) mass is 315 g/mol. The number of rotatable bonds is 7. The van der Waals surface area contributed by atoms with Crippen LogP contribution in [0.3, 0.4) is 0 Å². The van der Waals surface area contributed by atoms with Crippen LogP contribution in [0.4, 0.5) is 0 Å². The molecule has 23 heavy (non-hydrogen) atoms. The van der Waals surface area contributed by atoms with Gasteiger partial charge in [0.25, 0.3) is 0 Å². The van der Waals surface area contributed by atoms with Gasteiger partial charge >= 0.3 is 5.97 Å². The van der Waals surface area contributed by atoms with Crippen LogP contribution in [0, 0.1) is 0 Å². The van der Waals surface area contributed by atoms with Crippen molar-refractivity contribution in [2.24, 2.45) is 5.73 Å². The number of benzene rings is 2. The van der Waals surface area contributed by atoms with Crippen molar-refractivity contribution < 1.29 is 19.0 Å². The third kappa shape index (κ3) is 4.72. The second-order valence-electron chi connectivity index (χ2n) is 5.09. The lowest BCUT2D eigenvalue weighted by molar-refractivity contribution is -0.142. The highest BCUT2D eigenvalue weighted by Crippen LogP contribution is 2.29. The van der Waals surface area contributed by atoms with Gasteiger partial charge in [0.05, 0.1) is 14.2 Å². The van der Waals surface area contributed by atoms with E-state index in [1.54, 1.807) is 13.2 Å². The number of methoxy groups -OCH3 is 2. The van der Waals surface area contributed by atoms with Crippen molar-refractivity contribution in [2.75, 3.05) is 14.2 Å². The van der Waals surface area contributed by atoms with Crippen LogP contribution < -0.4 is 15.2 Å². The van der Waals surface area contributed by atoms with Crippen LogP contribution in [-0.4, -0.2) is 26.2 Å². The van der Waals surface area contributed by atoms with Crippen molar-refractivity contribution in [3.63, 3.8) is 0 Å². The molecule has 5 heteroatoms. The highest BCUT2D eigenvalue weighted by atomic mass is 16.5. The smallest absolute Gasteiger partial charge is 0.322 e. The molecule has 2 N–H and O–H groups in total. The molecule has 0 heterocycles. The maximum atomic E-state index is 11.4. The average molecular weight is 315 g/mol. The molecule has 0 aliphatic heterocycles. The van der Waals surface area contributed by atoms with Gasteiger partial charge in [-0.15, -0.1) is 0 Å². The van der Waals surface area contributed by atoms with Gasteiger partial charge in [-0.2, -0.15) is 0 Å². The minimum Gasteiger partial charge on any atom is -0.493 e. The van der Waals surface area contributed by atoms with E-state index in [9.17, 15) is 4.79 Å². The molecule has 0 aliphatic rings. The minimum absolute atomic E-state index is 0.373. The predicted molar refractivity (Wildman–Crippen MR) is 87.5 cm³/mol. The molecule has 0 unspecified atom stereocenters. The average Bonchev–Trinajstić information content (AvgIpc) is 2.60. The summed E-state index contributed by atoms with van der Waals surface area (Å²) in [6.45, 7) is 0.434. The maximum absolute atomic E-state index is 11.4. The van der Waals surface area contributed by atoms with E-state index in [0.717, 1.165) is 11.1 Å². The molecule has 0 aromatic heterocycles. The number of ether oxygens (including phenoxy) is 3. The number of hydrogen-bond acceptors (Lipinski definition) is 5. The summed E-state index contributed by atoms with van der Waals surface area (Å²) in [7, 11) is 2.91. The molecule has 2 aromatic rings. The van der Waals surface area contributed by atoms with Gasteiger partial charge in [-0.05, 0) is 29.7 Å².